The minimum atomic E-state index is -0.627. The molecule has 0 aromatic rings. The van der Waals surface area contributed by atoms with Crippen LogP contribution in [-0.2, 0) is 19.4 Å². The third-order valence-corrected chi connectivity index (χ3v) is 5.15. The van der Waals surface area contributed by atoms with E-state index in [9.17, 15) is 20.1 Å². The maximum atomic E-state index is 10.5. The molecule has 0 rings (SSSR count). The normalized spacial score (nSPS) is 7.90. The van der Waals surface area contributed by atoms with Crippen molar-refractivity contribution in [1.29, 1.82) is 0 Å². The molecule has 0 saturated carbocycles. The molecule has 0 radical (unpaired) electrons. The number of hydrogen-bond acceptors (Lipinski definition) is 6. The van der Waals surface area contributed by atoms with Gasteiger partial charge in [-0.1, -0.05) is 117 Å². The predicted molar refractivity (Wildman–Crippen MR) is 151 cm³/mol. The Hall–Kier alpha value is -0.694. The number of carbonyl (C=O) groups is 2. The molecule has 0 aliphatic heterocycles. The van der Waals surface area contributed by atoms with Crippen molar-refractivity contribution in [2.75, 3.05) is 0 Å². The monoisotopic (exact) mass is 598 g/mol. The third-order valence-electron chi connectivity index (χ3n) is 5.15. The fourth-order valence-corrected chi connectivity index (χ4v) is 3.24. The van der Waals surface area contributed by atoms with Crippen molar-refractivity contribution in [2.24, 2.45) is 0 Å². The van der Waals surface area contributed by atoms with Crippen LogP contribution in [-0.4, -0.2) is 78.8 Å². The summed E-state index contributed by atoms with van der Waals surface area (Å²) in [5.74, 6) is -1.25. The third kappa shape index (κ3) is 72.6. The Morgan fingerprint density at radius 1 is 0.410 bits per heavy atom. The van der Waals surface area contributed by atoms with E-state index in [0.29, 0.717) is 0 Å². The van der Waals surface area contributed by atoms with Crippen LogP contribution in [0, 0.1) is 0 Å². The van der Waals surface area contributed by atoms with Gasteiger partial charge < -0.3 is 64.1 Å². The summed E-state index contributed by atoms with van der Waals surface area (Å²) in [6.45, 7) is 4.43. The molecule has 0 bridgehead atoms. The number of unbranched alkanes of at least 4 members (excludes halogenated alkanes) is 16. The minimum absolute atomic E-state index is 0. The second-order valence-corrected chi connectivity index (χ2v) is 8.07. The maximum absolute atomic E-state index is 10.5. The summed E-state index contributed by atoms with van der Waals surface area (Å²) in [4.78, 5) is 27.6. The summed E-state index contributed by atoms with van der Waals surface area (Å²) < 4.78 is 0. The van der Waals surface area contributed by atoms with Crippen LogP contribution in [0.15, 0.2) is 0 Å². The van der Waals surface area contributed by atoms with Gasteiger partial charge in [-0.15, -0.1) is 0 Å². The predicted octanol–water partition coefficient (Wildman–Crippen LogP) is -1.53. The summed E-state index contributed by atoms with van der Waals surface area (Å²) >= 11 is 0. The first-order valence-corrected chi connectivity index (χ1v) is 12.3. The van der Waals surface area contributed by atoms with Crippen LogP contribution in [0.3, 0.4) is 0 Å². The van der Waals surface area contributed by atoms with Crippen molar-refractivity contribution < 1.29 is 73.7 Å². The van der Waals surface area contributed by atoms with Gasteiger partial charge in [0.1, 0.15) is 0 Å². The standard InChI is InChI=1S/2C12H24O3.Mg.8H2O/c2*1-2-3-4-5-6-7-8-9-10-11-12(13)15-14;;;;;;;;;/h2*14H,2-11H2,1H3;;8*1H2/q;;+2;;;;;;;;/p-2. The van der Waals surface area contributed by atoms with Gasteiger partial charge in [-0.2, -0.15) is 0 Å². The van der Waals surface area contributed by atoms with Gasteiger partial charge in [0.15, 0.2) is 0 Å². The number of hydrogen-bond donors (Lipinski definition) is 0. The van der Waals surface area contributed by atoms with Crippen LogP contribution in [0.25, 0.3) is 0 Å². The van der Waals surface area contributed by atoms with Crippen LogP contribution >= 0.6 is 0 Å². The molecule has 244 valence electrons. The topological polar surface area (TPSA) is 351 Å². The summed E-state index contributed by atoms with van der Waals surface area (Å²) in [6, 6.07) is 0. The molecule has 39 heavy (non-hydrogen) atoms. The van der Waals surface area contributed by atoms with Crippen molar-refractivity contribution in [3.05, 3.63) is 0 Å². The molecule has 0 unspecified atom stereocenters. The average molecular weight is 599 g/mol. The molecule has 15 heteroatoms. The molecule has 0 spiro atoms. The minimum Gasteiger partial charge on any atom is -0.662 e. The average Bonchev–Trinajstić information content (AvgIpc) is 2.76. The van der Waals surface area contributed by atoms with E-state index in [1.165, 1.54) is 77.0 Å². The molecule has 0 aromatic carbocycles. The van der Waals surface area contributed by atoms with E-state index in [1.807, 2.05) is 0 Å². The van der Waals surface area contributed by atoms with Crippen LogP contribution in [0.5, 0.6) is 0 Å². The first kappa shape index (κ1) is 71.5. The second kappa shape index (κ2) is 66.0. The van der Waals surface area contributed by atoms with Gasteiger partial charge in [0, 0.05) is 12.8 Å². The zero-order chi connectivity index (χ0) is 22.7. The number of carbonyl (C=O) groups excluding carboxylic acids is 2. The largest absolute Gasteiger partial charge is 2.00 e. The Morgan fingerprint density at radius 2 is 0.590 bits per heavy atom. The van der Waals surface area contributed by atoms with Crippen LogP contribution < -0.4 is 10.5 Å². The Morgan fingerprint density at radius 3 is 0.769 bits per heavy atom. The van der Waals surface area contributed by atoms with Crippen molar-refractivity contribution in [3.8, 4) is 0 Å². The van der Waals surface area contributed by atoms with Crippen molar-refractivity contribution in [2.45, 2.75) is 142 Å². The molecule has 0 saturated heterocycles. The van der Waals surface area contributed by atoms with E-state index < -0.39 is 11.9 Å². The molecule has 0 fully saturated rings. The van der Waals surface area contributed by atoms with E-state index in [-0.39, 0.29) is 79.7 Å². The maximum Gasteiger partial charge on any atom is 2.00 e. The summed E-state index contributed by atoms with van der Waals surface area (Å²) in [7, 11) is 0. The van der Waals surface area contributed by atoms with Gasteiger partial charge in [-0.05, 0) is 12.8 Å². The van der Waals surface area contributed by atoms with Gasteiger partial charge in [-0.3, -0.25) is 9.59 Å². The fraction of sp³-hybridized carbons (Fsp3) is 0.917. The van der Waals surface area contributed by atoms with Crippen LogP contribution in [0.2, 0.25) is 0 Å². The molecular formula is C24H62MgO14. The molecule has 0 aliphatic carbocycles. The van der Waals surface area contributed by atoms with E-state index in [2.05, 4.69) is 23.6 Å². The molecule has 0 heterocycles. The Bertz CT molecular complexity index is 347. The molecule has 16 N–H and O–H groups in total. The quantitative estimate of drug-likeness (QED) is 0.0691. The van der Waals surface area contributed by atoms with Crippen molar-refractivity contribution in [3.63, 3.8) is 0 Å². The Labute approximate surface area is 250 Å². The molecule has 14 nitrogen and oxygen atoms in total. The summed E-state index contributed by atoms with van der Waals surface area (Å²) in [5.41, 5.74) is 0. The second-order valence-electron chi connectivity index (χ2n) is 8.07. The Balaban J connectivity index is -0.0000000363. The summed E-state index contributed by atoms with van der Waals surface area (Å²) in [6.07, 6.45) is 22.2. The fourth-order valence-electron chi connectivity index (χ4n) is 3.24. The number of rotatable bonds is 20. The van der Waals surface area contributed by atoms with E-state index in [4.69, 9.17) is 0 Å². The molecule has 0 atom stereocenters. The van der Waals surface area contributed by atoms with Gasteiger partial charge in [-0.25, -0.2) is 0 Å². The van der Waals surface area contributed by atoms with Gasteiger partial charge in [0.2, 0.25) is 0 Å². The zero-order valence-electron chi connectivity index (χ0n) is 24.3. The van der Waals surface area contributed by atoms with E-state index >= 15 is 0 Å². The first-order valence-electron chi connectivity index (χ1n) is 12.3. The van der Waals surface area contributed by atoms with Gasteiger partial charge >= 0.3 is 23.1 Å². The van der Waals surface area contributed by atoms with Crippen molar-refractivity contribution >= 4 is 35.0 Å². The smallest absolute Gasteiger partial charge is 0.662 e. The Kier molecular flexibility index (Phi) is 121. The van der Waals surface area contributed by atoms with Gasteiger partial charge in [0.25, 0.3) is 11.9 Å². The SMILES string of the molecule is CCCCCCCCCCCC(=O)O[O-].CCCCCCCCCCCC(=O)O[O-].O.O.O.O.O.O.O.O.[Mg+2]. The zero-order valence-corrected chi connectivity index (χ0v) is 25.7. The van der Waals surface area contributed by atoms with E-state index in [1.54, 1.807) is 0 Å². The molecule has 0 amide bonds. The molecular weight excluding hydrogens is 537 g/mol. The van der Waals surface area contributed by atoms with Crippen molar-refractivity contribution in [1.82, 2.24) is 0 Å². The molecule has 0 aliphatic rings. The van der Waals surface area contributed by atoms with Gasteiger partial charge in [0.05, 0.1) is 0 Å². The first-order chi connectivity index (χ1) is 14.6. The van der Waals surface area contributed by atoms with E-state index in [0.717, 1.165) is 38.5 Å². The van der Waals surface area contributed by atoms with Crippen LogP contribution in [0.1, 0.15) is 142 Å². The molecule has 0 aromatic heterocycles. The summed E-state index contributed by atoms with van der Waals surface area (Å²) in [5, 5.41) is 19.3. The van der Waals surface area contributed by atoms with Crippen LogP contribution in [0.4, 0.5) is 0 Å².